The predicted molar refractivity (Wildman–Crippen MR) is 275 cm³/mol. The number of hydrogen-bond donors (Lipinski definition) is 0. The van der Waals surface area contributed by atoms with Gasteiger partial charge in [-0.1, -0.05) is 163 Å². The Morgan fingerprint density at radius 1 is 0.712 bits per heavy atom. The van der Waals surface area contributed by atoms with Gasteiger partial charge in [0, 0.05) is 42.9 Å². The van der Waals surface area contributed by atoms with Crippen molar-refractivity contribution in [1.29, 1.82) is 0 Å². The summed E-state index contributed by atoms with van der Waals surface area (Å²) < 4.78 is 8.93. The minimum atomic E-state index is -1.34. The van der Waals surface area contributed by atoms with Crippen molar-refractivity contribution >= 4 is 46.4 Å². The third kappa shape index (κ3) is 9.39. The number of nitrogens with zero attached hydrogens (tertiary/aromatic N) is 4. The second-order valence-corrected chi connectivity index (χ2v) is 24.6. The number of para-hydroxylation sites is 2. The van der Waals surface area contributed by atoms with Crippen molar-refractivity contribution in [2.75, 3.05) is 0 Å². The molecule has 6 aromatic carbocycles. The molecule has 10 rings (SSSR count). The number of rotatable bonds is 8. The molecule has 0 bridgehead atoms. The number of furan rings is 1. The zero-order valence-corrected chi connectivity index (χ0v) is 42.7. The molecule has 0 fully saturated rings. The van der Waals surface area contributed by atoms with Gasteiger partial charge in [-0.2, -0.15) is 0 Å². The van der Waals surface area contributed by atoms with E-state index >= 15 is 0 Å². The Bertz CT molecular complexity index is 3290. The number of hydrogen-bond acceptors (Lipinski definition) is 4. The molecule has 10 aromatic rings. The van der Waals surface area contributed by atoms with Gasteiger partial charge in [-0.25, -0.2) is 4.98 Å². The number of fused-ring (bicyclic) bond motifs is 4. The summed E-state index contributed by atoms with van der Waals surface area (Å²) in [6.07, 6.45) is 3.24. The van der Waals surface area contributed by atoms with Gasteiger partial charge >= 0.3 is 0 Å². The fraction of sp³-hybridized carbons (Fsp3) is 0.203. The van der Waals surface area contributed by atoms with Crippen LogP contribution in [0.1, 0.15) is 51.3 Å². The average molecular weight is 1060 g/mol. The molecule has 4 aromatic heterocycles. The number of aryl methyl sites for hydroxylation is 1. The van der Waals surface area contributed by atoms with Gasteiger partial charge in [0.25, 0.3) is 0 Å². The standard InChI is InChI=1S/C41H32N3O.C18H24NSi.Ir/c1-26-19-21-31(38-37(26)30-22-23-33(43-40(30)45-38)28-15-9-6-10-16-28)39-42-34-17-11-12-18-36(34)44(39)35-24-20-29(25-32(35)41(2,3)4)27-13-7-5-8-14-27;1-14(2)11-16-12-17(15-9-7-6-8-10-15)19-13-18(16)20(3,4)5;/h5-20,22-25H,1-4H3;6-9,12-14H,11H2,1-5H3;/q2*-1;. The van der Waals surface area contributed by atoms with Crippen LogP contribution < -0.4 is 5.19 Å². The van der Waals surface area contributed by atoms with E-state index in [1.807, 2.05) is 48.5 Å². The first kappa shape index (κ1) is 46.3. The van der Waals surface area contributed by atoms with Gasteiger partial charge in [0.05, 0.1) is 36.2 Å². The quantitative estimate of drug-likeness (QED) is 0.112. The number of pyridine rings is 2. The topological polar surface area (TPSA) is 56.7 Å². The zero-order chi connectivity index (χ0) is 45.5. The van der Waals surface area contributed by atoms with Crippen molar-refractivity contribution in [1.82, 2.24) is 19.5 Å². The molecule has 0 saturated carbocycles. The SMILES string of the molecule is CC(C)Cc1cc(-c2[c-]cccc2)ncc1[Si](C)(C)C.Cc1c[c-]c(-c2nc3ccccc3n2-c2ccc(-c3ccccc3)cc2C(C)(C)C)c2oc3nc(-c4ccccc4)ccc3c12.[Ir]. The third-order valence-corrected chi connectivity index (χ3v) is 14.1. The fourth-order valence-electron chi connectivity index (χ4n) is 8.86. The summed E-state index contributed by atoms with van der Waals surface area (Å²) in [6.45, 7) is 20.6. The average Bonchev–Trinajstić information content (AvgIpc) is 3.89. The fourth-order valence-corrected chi connectivity index (χ4v) is 10.4. The molecule has 333 valence electrons. The van der Waals surface area contributed by atoms with Crippen LogP contribution in [0.3, 0.4) is 0 Å². The molecule has 7 heteroatoms. The van der Waals surface area contributed by atoms with Crippen LogP contribution >= 0.6 is 0 Å². The predicted octanol–water partition coefficient (Wildman–Crippen LogP) is 15.0. The van der Waals surface area contributed by atoms with Crippen LogP contribution in [0.5, 0.6) is 0 Å². The molecule has 0 aliphatic heterocycles. The van der Waals surface area contributed by atoms with Gasteiger partial charge in [0.2, 0.25) is 5.71 Å². The Morgan fingerprint density at radius 2 is 1.41 bits per heavy atom. The number of aromatic nitrogens is 4. The summed E-state index contributed by atoms with van der Waals surface area (Å²) >= 11 is 0. The van der Waals surface area contributed by atoms with E-state index in [4.69, 9.17) is 14.4 Å². The maximum absolute atomic E-state index is 6.65. The second-order valence-electron chi connectivity index (χ2n) is 19.5. The van der Waals surface area contributed by atoms with Crippen molar-refractivity contribution in [2.45, 2.75) is 73.0 Å². The maximum Gasteiger partial charge on any atom is 0.216 e. The molecule has 4 heterocycles. The molecule has 0 atom stereocenters. The second kappa shape index (κ2) is 18.9. The van der Waals surface area contributed by atoms with Gasteiger partial charge in [0.15, 0.2) is 0 Å². The molecule has 0 spiro atoms. The first-order valence-electron chi connectivity index (χ1n) is 22.7. The molecule has 0 aliphatic carbocycles. The summed E-state index contributed by atoms with van der Waals surface area (Å²) in [6, 6.07) is 59.3. The van der Waals surface area contributed by atoms with Crippen molar-refractivity contribution in [3.05, 3.63) is 187 Å². The molecule has 0 unspecified atom stereocenters. The van der Waals surface area contributed by atoms with Gasteiger partial charge in [-0.3, -0.25) is 4.98 Å². The van der Waals surface area contributed by atoms with Crippen LogP contribution in [-0.4, -0.2) is 27.6 Å². The Balaban J connectivity index is 0.000000238. The molecule has 0 saturated heterocycles. The Morgan fingerprint density at radius 3 is 2.09 bits per heavy atom. The first-order chi connectivity index (χ1) is 31.2. The molecule has 0 N–H and O–H groups in total. The van der Waals surface area contributed by atoms with E-state index in [9.17, 15) is 0 Å². The normalized spacial score (nSPS) is 11.8. The smallest absolute Gasteiger partial charge is 0.216 e. The van der Waals surface area contributed by atoms with Gasteiger partial charge in [-0.05, 0) is 81.7 Å². The minimum absolute atomic E-state index is 0. The van der Waals surface area contributed by atoms with Gasteiger partial charge in [0.1, 0.15) is 0 Å². The monoisotopic (exact) mass is 1060 g/mol. The van der Waals surface area contributed by atoms with E-state index in [0.29, 0.717) is 11.6 Å². The minimum Gasteiger partial charge on any atom is -0.486 e. The zero-order valence-electron chi connectivity index (χ0n) is 39.3. The summed E-state index contributed by atoms with van der Waals surface area (Å²) in [5, 5.41) is 3.52. The number of imidazole rings is 1. The van der Waals surface area contributed by atoms with E-state index < -0.39 is 8.07 Å². The Kier molecular flexibility index (Phi) is 13.3. The summed E-state index contributed by atoms with van der Waals surface area (Å²) in [5.74, 6) is 1.46. The van der Waals surface area contributed by atoms with Crippen LogP contribution in [0.4, 0.5) is 0 Å². The third-order valence-electron chi connectivity index (χ3n) is 12.0. The molecule has 0 amide bonds. The molecule has 1 radical (unpaired) electrons. The van der Waals surface area contributed by atoms with E-state index in [2.05, 4.69) is 192 Å². The number of benzene rings is 6. The van der Waals surface area contributed by atoms with E-state index in [-0.39, 0.29) is 25.5 Å². The summed E-state index contributed by atoms with van der Waals surface area (Å²) in [4.78, 5) is 14.9. The van der Waals surface area contributed by atoms with Crippen LogP contribution in [0.25, 0.3) is 83.8 Å². The van der Waals surface area contributed by atoms with E-state index in [1.54, 1.807) is 0 Å². The van der Waals surface area contributed by atoms with Crippen molar-refractivity contribution < 1.29 is 24.5 Å². The van der Waals surface area contributed by atoms with Crippen LogP contribution in [0.2, 0.25) is 19.6 Å². The first-order valence-corrected chi connectivity index (χ1v) is 26.2. The van der Waals surface area contributed by atoms with Crippen molar-refractivity contribution in [3.8, 4) is 50.7 Å². The maximum atomic E-state index is 6.65. The van der Waals surface area contributed by atoms with Crippen molar-refractivity contribution in [2.24, 2.45) is 5.92 Å². The summed E-state index contributed by atoms with van der Waals surface area (Å²) in [7, 11) is -1.34. The van der Waals surface area contributed by atoms with Crippen LogP contribution in [0, 0.1) is 25.0 Å². The molecule has 66 heavy (non-hydrogen) atoms. The van der Waals surface area contributed by atoms with Crippen LogP contribution in [-0.2, 0) is 31.9 Å². The largest absolute Gasteiger partial charge is 0.486 e. The molecular weight excluding hydrogens is 1000 g/mol. The van der Waals surface area contributed by atoms with Gasteiger partial charge < -0.3 is 14.0 Å². The molecular formula is C59H56IrN4OSi-2. The van der Waals surface area contributed by atoms with Gasteiger partial charge in [-0.15, -0.1) is 53.6 Å². The molecule has 5 nitrogen and oxygen atoms in total. The molecule has 0 aliphatic rings. The van der Waals surface area contributed by atoms with E-state index in [0.717, 1.165) is 79.0 Å². The van der Waals surface area contributed by atoms with E-state index in [1.165, 1.54) is 27.4 Å². The Hall–Kier alpha value is -6.24. The Labute approximate surface area is 404 Å². The van der Waals surface area contributed by atoms with Crippen molar-refractivity contribution in [3.63, 3.8) is 0 Å². The summed E-state index contributed by atoms with van der Waals surface area (Å²) in [5.41, 5.74) is 15.3. The van der Waals surface area contributed by atoms with Crippen LogP contribution in [0.15, 0.2) is 162 Å².